The van der Waals surface area contributed by atoms with Crippen LogP contribution < -0.4 is 0 Å². The zero-order valence-corrected chi connectivity index (χ0v) is 14.8. The predicted molar refractivity (Wildman–Crippen MR) is 92.3 cm³/mol. The van der Waals surface area contributed by atoms with Gasteiger partial charge in [-0.05, 0) is 28.7 Å². The molecule has 0 spiro atoms. The molecule has 10 heteroatoms. The van der Waals surface area contributed by atoms with Gasteiger partial charge in [0.1, 0.15) is 18.2 Å². The summed E-state index contributed by atoms with van der Waals surface area (Å²) >= 11 is 7.98. The van der Waals surface area contributed by atoms with Crippen LogP contribution in [0.5, 0.6) is 5.75 Å². The van der Waals surface area contributed by atoms with E-state index in [1.807, 2.05) is 22.6 Å². The van der Waals surface area contributed by atoms with Crippen molar-refractivity contribution in [1.29, 1.82) is 0 Å². The molecule has 1 amide bonds. The van der Waals surface area contributed by atoms with Gasteiger partial charge in [0.25, 0.3) is 5.91 Å². The Hall–Kier alpha value is -2.14. The highest BCUT2D eigenvalue weighted by Gasteiger charge is 2.27. The largest absolute Gasteiger partial charge is 0.505 e. The summed E-state index contributed by atoms with van der Waals surface area (Å²) in [6.45, 7) is -1.71. The van der Waals surface area contributed by atoms with Gasteiger partial charge < -0.3 is 20.2 Å². The molecule has 1 heterocycles. The van der Waals surface area contributed by atoms with Crippen molar-refractivity contribution in [3.63, 3.8) is 0 Å². The predicted octanol–water partition coefficient (Wildman–Crippen LogP) is 1.81. The van der Waals surface area contributed by atoms with Crippen molar-refractivity contribution in [1.82, 2.24) is 9.88 Å². The first-order chi connectivity index (χ1) is 11.2. The maximum Gasteiger partial charge on any atom is 0.323 e. The highest BCUT2D eigenvalue weighted by Crippen LogP contribution is 2.35. The molecular weight excluding hydrogens is 455 g/mol. The molecule has 0 atom stereocenters. The van der Waals surface area contributed by atoms with Gasteiger partial charge in [0.15, 0.2) is 11.4 Å². The van der Waals surface area contributed by atoms with E-state index in [-0.39, 0.29) is 10.5 Å². The lowest BCUT2D eigenvalue weighted by atomic mass is 10.1. The first-order valence-electron chi connectivity index (χ1n) is 6.42. The summed E-state index contributed by atoms with van der Waals surface area (Å²) in [6, 6.07) is 4.98. The number of aromatic nitrogens is 1. The molecule has 2 rings (SSSR count). The van der Waals surface area contributed by atoms with E-state index in [9.17, 15) is 19.5 Å². The third-order valence-corrected chi connectivity index (χ3v) is 4.24. The Labute approximate surface area is 153 Å². The van der Waals surface area contributed by atoms with Crippen molar-refractivity contribution in [3.8, 4) is 5.75 Å². The minimum atomic E-state index is -1.40. The number of carboxylic acid groups (broad SMARTS) is 2. The van der Waals surface area contributed by atoms with Gasteiger partial charge in [-0.25, -0.2) is 4.98 Å². The highest BCUT2D eigenvalue weighted by molar-refractivity contribution is 14.1. The fourth-order valence-electron chi connectivity index (χ4n) is 2.09. The second kappa shape index (κ2) is 7.18. The minimum absolute atomic E-state index is 0.0599. The Morgan fingerprint density at radius 2 is 1.75 bits per heavy atom. The Balaban J connectivity index is 2.59. The average molecular weight is 465 g/mol. The summed E-state index contributed by atoms with van der Waals surface area (Å²) in [6.07, 6.45) is 0. The van der Waals surface area contributed by atoms with Gasteiger partial charge in [0.05, 0.1) is 0 Å². The molecular formula is C14H10ClIN2O6. The van der Waals surface area contributed by atoms with E-state index >= 15 is 0 Å². The summed E-state index contributed by atoms with van der Waals surface area (Å²) in [5.74, 6) is -4.32. The number of hydrogen-bond acceptors (Lipinski definition) is 5. The monoisotopic (exact) mass is 464 g/mol. The molecule has 126 valence electrons. The minimum Gasteiger partial charge on any atom is -0.505 e. The maximum atomic E-state index is 12.5. The van der Waals surface area contributed by atoms with Crippen LogP contribution >= 0.6 is 34.2 Å². The molecule has 1 aromatic heterocycles. The average Bonchev–Trinajstić information content (AvgIpc) is 2.48. The Kier molecular flexibility index (Phi) is 5.44. The van der Waals surface area contributed by atoms with Crippen molar-refractivity contribution in [2.45, 2.75) is 0 Å². The number of carbonyl (C=O) groups excluding carboxylic acids is 1. The van der Waals surface area contributed by atoms with Crippen LogP contribution in [0.2, 0.25) is 5.15 Å². The number of carboxylic acids is 2. The number of fused-ring (bicyclic) bond motifs is 1. The third kappa shape index (κ3) is 3.67. The van der Waals surface area contributed by atoms with Crippen molar-refractivity contribution in [2.75, 3.05) is 13.1 Å². The Bertz CT molecular complexity index is 841. The molecule has 0 bridgehead atoms. The van der Waals surface area contributed by atoms with Crippen LogP contribution in [0.25, 0.3) is 10.8 Å². The zero-order valence-electron chi connectivity index (χ0n) is 11.9. The van der Waals surface area contributed by atoms with E-state index in [0.29, 0.717) is 13.9 Å². The molecule has 0 aliphatic heterocycles. The number of rotatable bonds is 5. The van der Waals surface area contributed by atoms with Gasteiger partial charge in [-0.3, -0.25) is 14.4 Å². The first kappa shape index (κ1) is 18.2. The second-order valence-electron chi connectivity index (χ2n) is 4.71. The second-order valence-corrected chi connectivity index (χ2v) is 6.23. The molecule has 0 saturated heterocycles. The fourth-order valence-corrected chi connectivity index (χ4v) is 3.09. The summed E-state index contributed by atoms with van der Waals surface area (Å²) in [5.41, 5.74) is -0.501. The molecule has 0 aliphatic rings. The Morgan fingerprint density at radius 1 is 1.17 bits per heavy atom. The molecule has 0 fully saturated rings. The highest BCUT2D eigenvalue weighted by atomic mass is 127. The number of carbonyl (C=O) groups is 3. The number of aliphatic carboxylic acids is 2. The van der Waals surface area contributed by atoms with E-state index < -0.39 is 42.4 Å². The smallest absolute Gasteiger partial charge is 0.323 e. The van der Waals surface area contributed by atoms with Gasteiger partial charge in [0, 0.05) is 14.3 Å². The molecule has 24 heavy (non-hydrogen) atoms. The number of nitrogens with zero attached hydrogens (tertiary/aromatic N) is 2. The van der Waals surface area contributed by atoms with E-state index in [1.165, 1.54) is 0 Å². The summed E-state index contributed by atoms with van der Waals surface area (Å²) in [4.78, 5) is 38.5. The number of aromatic hydroxyl groups is 1. The van der Waals surface area contributed by atoms with Gasteiger partial charge in [-0.2, -0.15) is 0 Å². The van der Waals surface area contributed by atoms with Crippen molar-refractivity contribution in [3.05, 3.63) is 32.6 Å². The standard InChI is InChI=1S/C14H10ClIN2O6/c15-13-6-2-1-3-7(16)10(6)12(23)11(17-13)14(24)18(4-8(19)20)5-9(21)22/h1-3,23H,4-5H2,(H,19,20)(H,21,22). The molecule has 0 unspecified atom stereocenters. The quantitative estimate of drug-likeness (QED) is 0.455. The van der Waals surface area contributed by atoms with Crippen LogP contribution in [0.3, 0.4) is 0 Å². The van der Waals surface area contributed by atoms with Gasteiger partial charge >= 0.3 is 11.9 Å². The number of halogens is 2. The lowest BCUT2D eigenvalue weighted by molar-refractivity contribution is -0.140. The van der Waals surface area contributed by atoms with Gasteiger partial charge in [-0.15, -0.1) is 0 Å². The lowest BCUT2D eigenvalue weighted by Crippen LogP contribution is -2.39. The van der Waals surface area contributed by atoms with E-state index in [1.54, 1.807) is 18.2 Å². The first-order valence-corrected chi connectivity index (χ1v) is 7.87. The lowest BCUT2D eigenvalue weighted by Gasteiger charge is -2.19. The van der Waals surface area contributed by atoms with Crippen LogP contribution in [0.1, 0.15) is 10.5 Å². The molecule has 2 aromatic rings. The number of pyridine rings is 1. The Morgan fingerprint density at radius 3 is 2.29 bits per heavy atom. The van der Waals surface area contributed by atoms with Gasteiger partial charge in [0.2, 0.25) is 0 Å². The van der Waals surface area contributed by atoms with Crippen LogP contribution in [0.4, 0.5) is 0 Å². The molecule has 0 aliphatic carbocycles. The number of hydrogen-bond donors (Lipinski definition) is 3. The summed E-state index contributed by atoms with van der Waals surface area (Å²) in [7, 11) is 0. The van der Waals surface area contributed by atoms with Crippen LogP contribution in [0.15, 0.2) is 18.2 Å². The molecule has 8 nitrogen and oxygen atoms in total. The maximum absolute atomic E-state index is 12.5. The third-order valence-electron chi connectivity index (χ3n) is 3.05. The molecule has 0 saturated carbocycles. The van der Waals surface area contributed by atoms with E-state index in [0.717, 1.165) is 0 Å². The number of benzene rings is 1. The fraction of sp³-hybridized carbons (Fsp3) is 0.143. The molecule has 3 N–H and O–H groups in total. The zero-order chi connectivity index (χ0) is 18.0. The molecule has 1 aromatic carbocycles. The van der Waals surface area contributed by atoms with Crippen LogP contribution in [-0.4, -0.2) is 56.1 Å². The number of amides is 1. The van der Waals surface area contributed by atoms with E-state index in [2.05, 4.69) is 4.98 Å². The van der Waals surface area contributed by atoms with Gasteiger partial charge in [-0.1, -0.05) is 23.7 Å². The van der Waals surface area contributed by atoms with E-state index in [4.69, 9.17) is 21.8 Å². The SMILES string of the molecule is O=C(O)CN(CC(=O)O)C(=O)c1nc(Cl)c2cccc(I)c2c1O. The van der Waals surface area contributed by atoms with Crippen LogP contribution in [0, 0.1) is 3.57 Å². The van der Waals surface area contributed by atoms with Crippen LogP contribution in [-0.2, 0) is 9.59 Å². The normalized spacial score (nSPS) is 10.6. The van der Waals surface area contributed by atoms with Crippen molar-refractivity contribution in [2.24, 2.45) is 0 Å². The topological polar surface area (TPSA) is 128 Å². The van der Waals surface area contributed by atoms with Crippen molar-refractivity contribution < 1.29 is 29.7 Å². The molecule has 0 radical (unpaired) electrons. The summed E-state index contributed by atoms with van der Waals surface area (Å²) < 4.78 is 0.601. The summed E-state index contributed by atoms with van der Waals surface area (Å²) in [5, 5.41) is 28.7. The van der Waals surface area contributed by atoms with Crippen molar-refractivity contribution >= 4 is 62.8 Å².